The molecule has 1 fully saturated rings. The van der Waals surface area contributed by atoms with E-state index in [2.05, 4.69) is 15.5 Å². The minimum absolute atomic E-state index is 0.171. The van der Waals surface area contributed by atoms with Gasteiger partial charge in [-0.05, 0) is 44.4 Å². The Kier molecular flexibility index (Phi) is 6.97. The predicted octanol–water partition coefficient (Wildman–Crippen LogP) is 4.55. The lowest BCUT2D eigenvalue weighted by atomic mass is 9.95. The first-order valence-electron chi connectivity index (χ1n) is 9.23. The molecule has 0 radical (unpaired) electrons. The molecule has 0 atom stereocenters. The Morgan fingerprint density at radius 1 is 1.31 bits per heavy atom. The van der Waals surface area contributed by atoms with Crippen LogP contribution in [0.15, 0.2) is 29.4 Å². The van der Waals surface area contributed by atoms with Gasteiger partial charge < -0.3 is 5.32 Å². The molecule has 0 spiro atoms. The molecule has 1 N–H and O–H groups in total. The van der Waals surface area contributed by atoms with Crippen LogP contribution < -0.4 is 5.32 Å². The highest BCUT2D eigenvalue weighted by molar-refractivity contribution is 7.99. The Balaban J connectivity index is 1.49. The second-order valence-electron chi connectivity index (χ2n) is 6.70. The third-order valence-corrected chi connectivity index (χ3v) is 5.86. The van der Waals surface area contributed by atoms with E-state index < -0.39 is 0 Å². The second-order valence-corrected chi connectivity index (χ2v) is 8.20. The van der Waals surface area contributed by atoms with Crippen LogP contribution in [-0.2, 0) is 4.79 Å². The molecule has 1 heterocycles. The molecule has 2 aromatic rings. The number of hydrogen-bond acceptors (Lipinski definition) is 4. The van der Waals surface area contributed by atoms with Crippen LogP contribution in [-0.4, -0.2) is 32.5 Å². The highest BCUT2D eigenvalue weighted by atomic mass is 35.5. The monoisotopic (exact) mass is 392 g/mol. The van der Waals surface area contributed by atoms with Gasteiger partial charge in [0.15, 0.2) is 5.16 Å². The van der Waals surface area contributed by atoms with E-state index in [1.807, 2.05) is 35.8 Å². The molecule has 3 rings (SSSR count). The lowest BCUT2D eigenvalue weighted by Gasteiger charge is -2.22. The number of nitrogens with zero attached hydrogens (tertiary/aromatic N) is 3. The fourth-order valence-corrected chi connectivity index (χ4v) is 4.41. The highest BCUT2D eigenvalue weighted by Crippen LogP contribution is 2.24. The molecule has 7 heteroatoms. The van der Waals surface area contributed by atoms with Gasteiger partial charge >= 0.3 is 0 Å². The quantitative estimate of drug-likeness (QED) is 0.554. The number of nitrogens with one attached hydrogen (secondary N) is 1. The van der Waals surface area contributed by atoms with Crippen LogP contribution in [0.5, 0.6) is 0 Å². The standard InChI is InChI=1S/C19H25ClN4OS/c1-14-22-23-19(24(14)17-10-5-7-15(20)13-17)26-12-6-11-18(25)21-16-8-3-2-4-9-16/h5,7,10,13,16H,2-4,6,8-9,11-12H2,1H3,(H,21,25). The van der Waals surface area contributed by atoms with Gasteiger partial charge in [-0.25, -0.2) is 0 Å². The normalized spacial score (nSPS) is 15.2. The SMILES string of the molecule is Cc1nnc(SCCCC(=O)NC2CCCCC2)n1-c1cccc(Cl)c1. The van der Waals surface area contributed by atoms with Gasteiger partial charge in [0.25, 0.3) is 0 Å². The molecule has 1 amide bonds. The molecule has 140 valence electrons. The number of thioether (sulfide) groups is 1. The number of halogens is 1. The van der Waals surface area contributed by atoms with Crippen LogP contribution in [0.2, 0.25) is 5.02 Å². The van der Waals surface area contributed by atoms with E-state index in [1.54, 1.807) is 11.8 Å². The first kappa shape index (κ1) is 19.2. The van der Waals surface area contributed by atoms with Crippen molar-refractivity contribution in [1.82, 2.24) is 20.1 Å². The van der Waals surface area contributed by atoms with Crippen molar-refractivity contribution in [2.75, 3.05) is 5.75 Å². The first-order valence-corrected chi connectivity index (χ1v) is 10.6. The summed E-state index contributed by atoms with van der Waals surface area (Å²) in [5.41, 5.74) is 0.956. The highest BCUT2D eigenvalue weighted by Gasteiger charge is 2.16. The number of rotatable bonds is 7. The van der Waals surface area contributed by atoms with Gasteiger partial charge in [-0.1, -0.05) is 48.7 Å². The molecule has 26 heavy (non-hydrogen) atoms. The molecule has 0 bridgehead atoms. The molecule has 1 aromatic carbocycles. The maximum atomic E-state index is 12.1. The Bertz CT molecular complexity index is 743. The van der Waals surface area contributed by atoms with Crippen molar-refractivity contribution in [1.29, 1.82) is 0 Å². The summed E-state index contributed by atoms with van der Waals surface area (Å²) in [5.74, 6) is 1.83. The number of hydrogen-bond donors (Lipinski definition) is 1. The predicted molar refractivity (Wildman–Crippen MR) is 106 cm³/mol. The Morgan fingerprint density at radius 3 is 2.88 bits per heavy atom. The molecule has 1 aliphatic rings. The molecular weight excluding hydrogens is 368 g/mol. The fourth-order valence-electron chi connectivity index (χ4n) is 3.29. The van der Waals surface area contributed by atoms with E-state index in [1.165, 1.54) is 19.3 Å². The van der Waals surface area contributed by atoms with E-state index in [9.17, 15) is 4.79 Å². The van der Waals surface area contributed by atoms with Gasteiger partial charge in [-0.2, -0.15) is 0 Å². The lowest BCUT2D eigenvalue weighted by Crippen LogP contribution is -2.36. The summed E-state index contributed by atoms with van der Waals surface area (Å²) in [4.78, 5) is 12.1. The zero-order valence-electron chi connectivity index (χ0n) is 15.1. The molecule has 5 nitrogen and oxygen atoms in total. The summed E-state index contributed by atoms with van der Waals surface area (Å²) in [6.07, 6.45) is 7.41. The number of aryl methyl sites for hydroxylation is 1. The van der Waals surface area contributed by atoms with Gasteiger partial charge in [0, 0.05) is 23.2 Å². The second kappa shape index (κ2) is 9.42. The molecule has 1 saturated carbocycles. The van der Waals surface area contributed by atoms with Gasteiger partial charge in [0.05, 0.1) is 5.69 Å². The van der Waals surface area contributed by atoms with Gasteiger partial charge in [-0.3, -0.25) is 9.36 Å². The van der Waals surface area contributed by atoms with Gasteiger partial charge in [-0.15, -0.1) is 10.2 Å². The third-order valence-electron chi connectivity index (χ3n) is 4.61. The summed E-state index contributed by atoms with van der Waals surface area (Å²) in [6, 6.07) is 8.05. The Labute approximate surface area is 163 Å². The smallest absolute Gasteiger partial charge is 0.220 e. The van der Waals surface area contributed by atoms with Crippen LogP contribution in [0, 0.1) is 6.92 Å². The zero-order valence-corrected chi connectivity index (χ0v) is 16.7. The molecular formula is C19H25ClN4OS. The van der Waals surface area contributed by atoms with E-state index in [0.717, 1.165) is 41.7 Å². The van der Waals surface area contributed by atoms with Crippen molar-refractivity contribution in [3.8, 4) is 5.69 Å². The summed E-state index contributed by atoms with van der Waals surface area (Å²) in [5, 5.41) is 13.1. The number of aromatic nitrogens is 3. The van der Waals surface area contributed by atoms with Crippen LogP contribution in [0.25, 0.3) is 5.69 Å². The van der Waals surface area contributed by atoms with Crippen molar-refractivity contribution in [2.24, 2.45) is 0 Å². The average Bonchev–Trinajstić information content (AvgIpc) is 3.00. The fraction of sp³-hybridized carbons (Fsp3) is 0.526. The van der Waals surface area contributed by atoms with E-state index >= 15 is 0 Å². The molecule has 0 aliphatic heterocycles. The van der Waals surface area contributed by atoms with Gasteiger partial charge in [0.1, 0.15) is 5.82 Å². The van der Waals surface area contributed by atoms with Crippen LogP contribution in [0.3, 0.4) is 0 Å². The van der Waals surface area contributed by atoms with Crippen molar-refractivity contribution < 1.29 is 4.79 Å². The topological polar surface area (TPSA) is 59.8 Å². The first-order chi connectivity index (χ1) is 12.6. The largest absolute Gasteiger partial charge is 0.353 e. The van der Waals surface area contributed by atoms with E-state index in [0.29, 0.717) is 17.5 Å². The maximum absolute atomic E-state index is 12.1. The lowest BCUT2D eigenvalue weighted by molar-refractivity contribution is -0.122. The van der Waals surface area contributed by atoms with E-state index in [4.69, 9.17) is 11.6 Å². The summed E-state index contributed by atoms with van der Waals surface area (Å²) in [6.45, 7) is 1.93. The van der Waals surface area contributed by atoms with Crippen molar-refractivity contribution in [2.45, 2.75) is 63.1 Å². The maximum Gasteiger partial charge on any atom is 0.220 e. The number of carbonyl (C=O) groups excluding carboxylic acids is 1. The van der Waals surface area contributed by atoms with Crippen LogP contribution in [0.1, 0.15) is 50.8 Å². The zero-order chi connectivity index (χ0) is 18.4. The van der Waals surface area contributed by atoms with Crippen LogP contribution in [0.4, 0.5) is 0 Å². The van der Waals surface area contributed by atoms with Gasteiger partial charge in [0.2, 0.25) is 5.91 Å². The average molecular weight is 393 g/mol. The van der Waals surface area contributed by atoms with Crippen LogP contribution >= 0.6 is 23.4 Å². The summed E-state index contributed by atoms with van der Waals surface area (Å²) >= 11 is 7.73. The molecule has 0 saturated heterocycles. The van der Waals surface area contributed by atoms with Crippen molar-refractivity contribution >= 4 is 29.3 Å². The van der Waals surface area contributed by atoms with Crippen molar-refractivity contribution in [3.63, 3.8) is 0 Å². The molecule has 0 unspecified atom stereocenters. The number of carbonyl (C=O) groups is 1. The number of benzene rings is 1. The molecule has 1 aliphatic carbocycles. The Hall–Kier alpha value is -1.53. The Morgan fingerprint density at radius 2 is 2.12 bits per heavy atom. The van der Waals surface area contributed by atoms with Crippen molar-refractivity contribution in [3.05, 3.63) is 35.1 Å². The minimum Gasteiger partial charge on any atom is -0.353 e. The van der Waals surface area contributed by atoms with E-state index in [-0.39, 0.29) is 5.91 Å². The summed E-state index contributed by atoms with van der Waals surface area (Å²) < 4.78 is 2.00. The number of amides is 1. The molecule has 1 aromatic heterocycles. The third kappa shape index (κ3) is 5.24. The summed E-state index contributed by atoms with van der Waals surface area (Å²) in [7, 11) is 0. The minimum atomic E-state index is 0.171.